The van der Waals surface area contributed by atoms with Crippen LogP contribution in [0.1, 0.15) is 24.5 Å². The molecule has 0 bridgehead atoms. The van der Waals surface area contributed by atoms with Crippen molar-refractivity contribution in [2.24, 2.45) is 0 Å². The minimum absolute atomic E-state index is 0.0294. The summed E-state index contributed by atoms with van der Waals surface area (Å²) in [5.74, 6) is 0.111. The van der Waals surface area contributed by atoms with Crippen LogP contribution in [0.15, 0.2) is 55.4 Å². The average molecular weight is 540 g/mol. The summed E-state index contributed by atoms with van der Waals surface area (Å²) < 4.78 is 2.26. The maximum Gasteiger partial charge on any atom is 0.247 e. The van der Waals surface area contributed by atoms with Gasteiger partial charge in [-0.15, -0.1) is 0 Å². The molecule has 9 heteroatoms. The van der Waals surface area contributed by atoms with Crippen molar-refractivity contribution < 1.29 is 9.90 Å². The fourth-order valence-corrected chi connectivity index (χ4v) is 5.31. The lowest BCUT2D eigenvalue weighted by atomic mass is 10.0. The van der Waals surface area contributed by atoms with Crippen LogP contribution in [-0.2, 0) is 24.2 Å². The number of hydrogen-bond donors (Lipinski definition) is 3. The molecule has 1 aliphatic rings. The Bertz CT molecular complexity index is 1570. The Balaban J connectivity index is 1.53. The Hall–Kier alpha value is -4.37. The summed E-state index contributed by atoms with van der Waals surface area (Å²) in [5, 5.41) is 18.2. The maximum absolute atomic E-state index is 12.3. The number of carbonyl (C=O) groups is 1. The molecule has 2 aromatic carbocycles. The number of nitrogens with one attached hydrogen (secondary N) is 2. The topological polar surface area (TPSA) is 98.5 Å². The number of carbonyl (C=O) groups excluding carboxylic acids is 1. The van der Waals surface area contributed by atoms with E-state index in [4.69, 9.17) is 4.98 Å². The van der Waals surface area contributed by atoms with Crippen LogP contribution in [0, 0.1) is 0 Å². The zero-order chi connectivity index (χ0) is 28.4. The highest BCUT2D eigenvalue weighted by Gasteiger charge is 2.21. The molecule has 0 spiro atoms. The van der Waals surface area contributed by atoms with E-state index in [1.54, 1.807) is 0 Å². The van der Waals surface area contributed by atoms with Gasteiger partial charge in [0, 0.05) is 49.5 Å². The molecule has 9 nitrogen and oxygen atoms in total. The molecule has 5 rings (SSSR count). The van der Waals surface area contributed by atoms with Crippen molar-refractivity contribution in [2.75, 3.05) is 49.8 Å². The first-order valence-electron chi connectivity index (χ1n) is 13.7. The maximum atomic E-state index is 12.3. The van der Waals surface area contributed by atoms with E-state index < -0.39 is 0 Å². The van der Waals surface area contributed by atoms with Crippen molar-refractivity contribution >= 4 is 39.8 Å². The Morgan fingerprint density at radius 3 is 2.77 bits per heavy atom. The van der Waals surface area contributed by atoms with E-state index in [-0.39, 0.29) is 11.7 Å². The molecule has 0 fully saturated rings. The number of aromatic hydroxyl groups is 1. The zero-order valence-electron chi connectivity index (χ0n) is 23.7. The molecule has 3 N–H and O–H groups in total. The Labute approximate surface area is 235 Å². The molecule has 0 aliphatic carbocycles. The summed E-state index contributed by atoms with van der Waals surface area (Å²) in [4.78, 5) is 25.7. The van der Waals surface area contributed by atoms with Crippen molar-refractivity contribution in [3.8, 4) is 17.0 Å². The lowest BCUT2D eigenvalue weighted by Crippen LogP contribution is -2.29. The minimum Gasteiger partial charge on any atom is -0.504 e. The van der Waals surface area contributed by atoms with Gasteiger partial charge in [-0.3, -0.25) is 4.79 Å². The minimum atomic E-state index is -0.284. The van der Waals surface area contributed by atoms with Gasteiger partial charge in [0.2, 0.25) is 11.9 Å². The van der Waals surface area contributed by atoms with Crippen molar-refractivity contribution in [1.82, 2.24) is 19.4 Å². The first-order valence-corrected chi connectivity index (χ1v) is 13.7. The SMILES string of the molecule is C=CC(=O)Nc1cc(Nc2ncc(O)c(-c3cn4c5c(cccc35)CCC4)n2)c(CC)cc1N(C)CCN(C)C. The lowest BCUT2D eigenvalue weighted by Gasteiger charge is -2.26. The molecular formula is C31H37N7O2. The highest BCUT2D eigenvalue weighted by Crippen LogP contribution is 2.39. The highest BCUT2D eigenvalue weighted by atomic mass is 16.3. The van der Waals surface area contributed by atoms with Gasteiger partial charge in [0.15, 0.2) is 5.75 Å². The van der Waals surface area contributed by atoms with Crippen molar-refractivity contribution in [3.05, 3.63) is 66.5 Å². The van der Waals surface area contributed by atoms with Gasteiger partial charge >= 0.3 is 0 Å². The van der Waals surface area contributed by atoms with Crippen LogP contribution in [0.5, 0.6) is 5.75 Å². The summed E-state index contributed by atoms with van der Waals surface area (Å²) in [5.41, 5.74) is 7.31. The molecule has 208 valence electrons. The standard InChI is InChI=1S/C31H37N7O2/c1-6-20-16-26(37(5)15-14-36(3)4)25(33-28(40)7-2)17-24(20)34-31-32-18-27(39)29(35-31)23-19-38-13-9-11-21-10-8-12-22(23)30(21)38/h7-8,10,12,16-19,39H,2,6,9,11,13-15H2,1,3-5H3,(H,33,40)(H,32,34,35). The van der Waals surface area contributed by atoms with Crippen LogP contribution in [0.3, 0.4) is 0 Å². The monoisotopic (exact) mass is 539 g/mol. The van der Waals surface area contributed by atoms with Crippen molar-refractivity contribution in [2.45, 2.75) is 32.7 Å². The van der Waals surface area contributed by atoms with Crippen LogP contribution >= 0.6 is 0 Å². The van der Waals surface area contributed by atoms with E-state index in [9.17, 15) is 9.90 Å². The molecular weight excluding hydrogens is 502 g/mol. The second-order valence-electron chi connectivity index (χ2n) is 10.5. The van der Waals surface area contributed by atoms with E-state index in [1.165, 1.54) is 23.4 Å². The van der Waals surface area contributed by atoms with Gasteiger partial charge in [0.05, 0.1) is 23.1 Å². The average Bonchev–Trinajstić information content (AvgIpc) is 3.33. The molecule has 0 unspecified atom stereocenters. The number of para-hydroxylation sites is 1. The van der Waals surface area contributed by atoms with Gasteiger partial charge in [-0.1, -0.05) is 31.7 Å². The van der Waals surface area contributed by atoms with E-state index in [1.807, 2.05) is 27.2 Å². The number of aryl methyl sites for hydroxylation is 3. The number of rotatable bonds is 10. The van der Waals surface area contributed by atoms with Crippen molar-refractivity contribution in [1.29, 1.82) is 0 Å². The highest BCUT2D eigenvalue weighted by molar-refractivity contribution is 6.02. The third-order valence-corrected chi connectivity index (χ3v) is 7.44. The number of amides is 1. The molecule has 0 saturated carbocycles. The lowest BCUT2D eigenvalue weighted by molar-refractivity contribution is -0.111. The van der Waals surface area contributed by atoms with Crippen LogP contribution in [0.2, 0.25) is 0 Å². The number of likely N-dealkylation sites (N-methyl/N-ethyl adjacent to an activating group) is 2. The molecule has 2 aromatic heterocycles. The van der Waals surface area contributed by atoms with E-state index in [0.717, 1.165) is 66.8 Å². The predicted molar refractivity (Wildman–Crippen MR) is 163 cm³/mol. The first kappa shape index (κ1) is 27.2. The molecule has 3 heterocycles. The Morgan fingerprint density at radius 2 is 2.02 bits per heavy atom. The summed E-state index contributed by atoms with van der Waals surface area (Å²) in [6.45, 7) is 8.30. The molecule has 0 saturated heterocycles. The largest absolute Gasteiger partial charge is 0.504 e. The summed E-state index contributed by atoms with van der Waals surface area (Å²) in [6.07, 6.45) is 7.68. The smallest absolute Gasteiger partial charge is 0.247 e. The third kappa shape index (κ3) is 5.37. The molecule has 1 aliphatic heterocycles. The Kier molecular flexibility index (Phi) is 7.75. The summed E-state index contributed by atoms with van der Waals surface area (Å²) >= 11 is 0. The van der Waals surface area contributed by atoms with Gasteiger partial charge in [0.25, 0.3) is 0 Å². The van der Waals surface area contributed by atoms with Crippen LogP contribution in [-0.4, -0.2) is 64.7 Å². The van der Waals surface area contributed by atoms with Crippen LogP contribution in [0.4, 0.5) is 23.0 Å². The second-order valence-corrected chi connectivity index (χ2v) is 10.5. The molecule has 0 atom stereocenters. The van der Waals surface area contributed by atoms with E-state index >= 15 is 0 Å². The molecule has 0 radical (unpaired) electrons. The van der Waals surface area contributed by atoms with Crippen LogP contribution in [0.25, 0.3) is 22.2 Å². The van der Waals surface area contributed by atoms with Gasteiger partial charge in [-0.05, 0) is 62.7 Å². The van der Waals surface area contributed by atoms with Gasteiger partial charge in [-0.25, -0.2) is 9.97 Å². The summed E-state index contributed by atoms with van der Waals surface area (Å²) in [7, 11) is 6.09. The second kappa shape index (κ2) is 11.4. The van der Waals surface area contributed by atoms with Gasteiger partial charge < -0.3 is 30.1 Å². The number of anilines is 4. The Morgan fingerprint density at radius 1 is 1.20 bits per heavy atom. The normalized spacial score (nSPS) is 12.5. The zero-order valence-corrected chi connectivity index (χ0v) is 23.7. The number of aromatic nitrogens is 3. The first-order chi connectivity index (χ1) is 19.3. The quantitative estimate of drug-likeness (QED) is 0.239. The van der Waals surface area contributed by atoms with E-state index in [2.05, 4.69) is 73.9 Å². The van der Waals surface area contributed by atoms with Gasteiger partial charge in [-0.2, -0.15) is 0 Å². The van der Waals surface area contributed by atoms with Gasteiger partial charge in [0.1, 0.15) is 5.69 Å². The molecule has 4 aromatic rings. The fourth-order valence-electron chi connectivity index (χ4n) is 5.31. The number of benzene rings is 2. The third-order valence-electron chi connectivity index (χ3n) is 7.44. The van der Waals surface area contributed by atoms with Crippen molar-refractivity contribution in [3.63, 3.8) is 0 Å². The number of nitrogens with zero attached hydrogens (tertiary/aromatic N) is 5. The molecule has 40 heavy (non-hydrogen) atoms. The fraction of sp³-hybridized carbons (Fsp3) is 0.323. The van der Waals surface area contributed by atoms with Crippen LogP contribution < -0.4 is 15.5 Å². The number of hydrogen-bond acceptors (Lipinski definition) is 7. The predicted octanol–water partition coefficient (Wildman–Crippen LogP) is 5.18. The summed E-state index contributed by atoms with van der Waals surface area (Å²) in [6, 6.07) is 10.3. The van der Waals surface area contributed by atoms with E-state index in [0.29, 0.717) is 17.3 Å². The molecule has 1 amide bonds.